The molecule has 1 aromatic rings. The number of nitrogens with one attached hydrogen (secondary N) is 1. The summed E-state index contributed by atoms with van der Waals surface area (Å²) in [6.07, 6.45) is 2.94. The van der Waals surface area contributed by atoms with Gasteiger partial charge in [0.1, 0.15) is 5.76 Å². The SMILES string of the molecule is CNCc1ccc(S(=O)(=O)N2CCCCC2C)o1. The summed E-state index contributed by atoms with van der Waals surface area (Å²) in [4.78, 5) is 0. The minimum absolute atomic E-state index is 0.0569. The lowest BCUT2D eigenvalue weighted by atomic mass is 10.1. The highest BCUT2D eigenvalue weighted by Crippen LogP contribution is 2.26. The van der Waals surface area contributed by atoms with Gasteiger partial charge in [-0.15, -0.1) is 0 Å². The third kappa shape index (κ3) is 2.60. The van der Waals surface area contributed by atoms with Crippen LogP contribution in [-0.2, 0) is 16.6 Å². The average Bonchev–Trinajstić information content (AvgIpc) is 2.79. The van der Waals surface area contributed by atoms with E-state index in [-0.39, 0.29) is 11.1 Å². The van der Waals surface area contributed by atoms with E-state index in [1.807, 2.05) is 6.92 Å². The molecule has 1 aliphatic heterocycles. The van der Waals surface area contributed by atoms with Crippen molar-refractivity contribution in [1.29, 1.82) is 0 Å². The van der Waals surface area contributed by atoms with Gasteiger partial charge in [0.2, 0.25) is 5.09 Å². The Kier molecular flexibility index (Phi) is 4.09. The molecular formula is C12H20N2O3S. The van der Waals surface area contributed by atoms with Crippen LogP contribution in [0.3, 0.4) is 0 Å². The highest BCUT2D eigenvalue weighted by atomic mass is 32.2. The molecule has 102 valence electrons. The number of furan rings is 1. The number of hydrogen-bond donors (Lipinski definition) is 1. The monoisotopic (exact) mass is 272 g/mol. The van der Waals surface area contributed by atoms with Crippen LogP contribution in [0.25, 0.3) is 0 Å². The topological polar surface area (TPSA) is 62.6 Å². The Morgan fingerprint density at radius 1 is 1.44 bits per heavy atom. The molecule has 1 unspecified atom stereocenters. The Bertz CT molecular complexity index is 495. The maximum Gasteiger partial charge on any atom is 0.276 e. The molecule has 0 bridgehead atoms. The number of nitrogens with zero attached hydrogens (tertiary/aromatic N) is 1. The first kappa shape index (κ1) is 13.6. The van der Waals surface area contributed by atoms with E-state index in [2.05, 4.69) is 5.32 Å². The molecule has 0 amide bonds. The first-order chi connectivity index (χ1) is 8.55. The third-order valence-electron chi connectivity index (χ3n) is 3.29. The van der Waals surface area contributed by atoms with Gasteiger partial charge in [-0.25, -0.2) is 8.42 Å². The summed E-state index contributed by atoms with van der Waals surface area (Å²) in [6.45, 7) is 3.07. The normalized spacial score (nSPS) is 22.2. The molecule has 0 aromatic carbocycles. The number of sulfonamides is 1. The molecule has 2 rings (SSSR count). The van der Waals surface area contributed by atoms with Crippen LogP contribution < -0.4 is 5.32 Å². The molecule has 0 radical (unpaired) electrons. The van der Waals surface area contributed by atoms with Crippen molar-refractivity contribution in [2.24, 2.45) is 0 Å². The van der Waals surface area contributed by atoms with Gasteiger partial charge in [0.15, 0.2) is 0 Å². The Labute approximate surface area is 108 Å². The van der Waals surface area contributed by atoms with Gasteiger partial charge in [0.25, 0.3) is 10.0 Å². The van der Waals surface area contributed by atoms with Crippen LogP contribution in [0.1, 0.15) is 31.9 Å². The first-order valence-corrected chi connectivity index (χ1v) is 7.75. The van der Waals surface area contributed by atoms with Gasteiger partial charge in [-0.3, -0.25) is 0 Å². The van der Waals surface area contributed by atoms with Crippen molar-refractivity contribution in [3.05, 3.63) is 17.9 Å². The molecule has 18 heavy (non-hydrogen) atoms. The van der Waals surface area contributed by atoms with E-state index in [1.54, 1.807) is 23.5 Å². The molecule has 1 fully saturated rings. The molecular weight excluding hydrogens is 252 g/mol. The van der Waals surface area contributed by atoms with Crippen LogP contribution >= 0.6 is 0 Å². The van der Waals surface area contributed by atoms with Gasteiger partial charge in [-0.2, -0.15) is 4.31 Å². The summed E-state index contributed by atoms with van der Waals surface area (Å²) >= 11 is 0. The van der Waals surface area contributed by atoms with Crippen molar-refractivity contribution in [1.82, 2.24) is 9.62 Å². The van der Waals surface area contributed by atoms with Crippen LogP contribution in [-0.4, -0.2) is 32.4 Å². The average molecular weight is 272 g/mol. The summed E-state index contributed by atoms with van der Waals surface area (Å²) in [5, 5.41) is 2.99. The van der Waals surface area contributed by atoms with Crippen molar-refractivity contribution in [3.63, 3.8) is 0 Å². The molecule has 1 saturated heterocycles. The van der Waals surface area contributed by atoms with E-state index >= 15 is 0 Å². The minimum Gasteiger partial charge on any atom is -0.447 e. The van der Waals surface area contributed by atoms with Gasteiger partial charge in [0, 0.05) is 12.6 Å². The molecule has 1 atom stereocenters. The van der Waals surface area contributed by atoms with Crippen LogP contribution in [0.5, 0.6) is 0 Å². The summed E-state index contributed by atoms with van der Waals surface area (Å²) < 4.78 is 31.8. The fourth-order valence-electron chi connectivity index (χ4n) is 2.31. The second-order valence-corrected chi connectivity index (χ2v) is 6.53. The van der Waals surface area contributed by atoms with Crippen molar-refractivity contribution in [2.45, 2.75) is 43.9 Å². The van der Waals surface area contributed by atoms with E-state index < -0.39 is 10.0 Å². The second-order valence-electron chi connectivity index (χ2n) is 4.71. The first-order valence-electron chi connectivity index (χ1n) is 6.31. The Hall–Kier alpha value is -0.850. The number of piperidine rings is 1. The molecule has 0 aliphatic carbocycles. The van der Waals surface area contributed by atoms with E-state index in [0.717, 1.165) is 19.3 Å². The fourth-order valence-corrected chi connectivity index (χ4v) is 3.94. The van der Waals surface area contributed by atoms with Crippen molar-refractivity contribution in [2.75, 3.05) is 13.6 Å². The van der Waals surface area contributed by atoms with Crippen LogP contribution in [0.15, 0.2) is 21.6 Å². The lowest BCUT2D eigenvalue weighted by Crippen LogP contribution is -2.41. The largest absolute Gasteiger partial charge is 0.447 e. The lowest BCUT2D eigenvalue weighted by Gasteiger charge is -2.31. The van der Waals surface area contributed by atoms with Gasteiger partial charge in [0.05, 0.1) is 6.54 Å². The Morgan fingerprint density at radius 2 is 2.22 bits per heavy atom. The third-order valence-corrected chi connectivity index (χ3v) is 5.18. The zero-order valence-electron chi connectivity index (χ0n) is 10.8. The summed E-state index contributed by atoms with van der Waals surface area (Å²) in [7, 11) is -1.67. The number of rotatable bonds is 4. The quantitative estimate of drug-likeness (QED) is 0.903. The minimum atomic E-state index is -3.47. The van der Waals surface area contributed by atoms with E-state index in [9.17, 15) is 8.42 Å². The van der Waals surface area contributed by atoms with Gasteiger partial charge in [-0.1, -0.05) is 6.42 Å². The Morgan fingerprint density at radius 3 is 2.89 bits per heavy atom. The van der Waals surface area contributed by atoms with Crippen LogP contribution in [0.2, 0.25) is 0 Å². The molecule has 2 heterocycles. The van der Waals surface area contributed by atoms with Crippen molar-refractivity contribution < 1.29 is 12.8 Å². The predicted molar refractivity (Wildman–Crippen MR) is 68.7 cm³/mol. The number of hydrogen-bond acceptors (Lipinski definition) is 4. The molecule has 0 spiro atoms. The van der Waals surface area contributed by atoms with Crippen LogP contribution in [0, 0.1) is 0 Å². The fraction of sp³-hybridized carbons (Fsp3) is 0.667. The van der Waals surface area contributed by atoms with Crippen molar-refractivity contribution in [3.8, 4) is 0 Å². The van der Waals surface area contributed by atoms with E-state index in [1.165, 1.54) is 0 Å². The molecule has 1 aromatic heterocycles. The zero-order valence-corrected chi connectivity index (χ0v) is 11.7. The zero-order chi connectivity index (χ0) is 13.2. The Balaban J connectivity index is 2.23. The maximum absolute atomic E-state index is 12.4. The highest BCUT2D eigenvalue weighted by molar-refractivity contribution is 7.89. The van der Waals surface area contributed by atoms with Crippen LogP contribution in [0.4, 0.5) is 0 Å². The predicted octanol–water partition coefficient (Wildman–Crippen LogP) is 1.56. The molecule has 6 heteroatoms. The summed E-state index contributed by atoms with van der Waals surface area (Å²) in [6, 6.07) is 3.31. The van der Waals surface area contributed by atoms with Gasteiger partial charge >= 0.3 is 0 Å². The molecule has 1 aliphatic rings. The van der Waals surface area contributed by atoms with Gasteiger partial charge in [-0.05, 0) is 38.9 Å². The molecule has 5 nitrogen and oxygen atoms in total. The smallest absolute Gasteiger partial charge is 0.276 e. The molecule has 0 saturated carbocycles. The van der Waals surface area contributed by atoms with Crippen molar-refractivity contribution >= 4 is 10.0 Å². The maximum atomic E-state index is 12.4. The van der Waals surface area contributed by atoms with Gasteiger partial charge < -0.3 is 9.73 Å². The molecule has 1 N–H and O–H groups in total. The van der Waals surface area contributed by atoms with E-state index in [0.29, 0.717) is 18.8 Å². The summed E-state index contributed by atoms with van der Waals surface area (Å²) in [5.74, 6) is 0.640. The van der Waals surface area contributed by atoms with E-state index in [4.69, 9.17) is 4.42 Å². The second kappa shape index (κ2) is 5.42. The summed E-state index contributed by atoms with van der Waals surface area (Å²) in [5.41, 5.74) is 0. The highest BCUT2D eigenvalue weighted by Gasteiger charge is 2.33. The standard InChI is InChI=1S/C12H20N2O3S/c1-10-5-3-4-8-14(10)18(15,16)12-7-6-11(17-12)9-13-2/h6-7,10,13H,3-5,8-9H2,1-2H3. The lowest BCUT2D eigenvalue weighted by molar-refractivity contribution is 0.260.